The predicted octanol–water partition coefficient (Wildman–Crippen LogP) is 2.50. The lowest BCUT2D eigenvalue weighted by molar-refractivity contribution is -0.0845. The fraction of sp³-hybridized carbons (Fsp3) is 0.389. The Labute approximate surface area is 160 Å². The van der Waals surface area contributed by atoms with Crippen LogP contribution in [0.5, 0.6) is 5.88 Å². The lowest BCUT2D eigenvalue weighted by Gasteiger charge is -2.41. The van der Waals surface area contributed by atoms with Gasteiger partial charge in [0, 0.05) is 24.9 Å². The smallest absolute Gasteiger partial charge is 0.256 e. The van der Waals surface area contributed by atoms with E-state index >= 15 is 0 Å². The standard InChI is InChI=1S/C18H17ClFN5O2/c19-13-3-10(4-21)1-2-14(13)25-17-15(20)18(24-9-23-17)27-16-11-5-22-6-12(16)8-26-7-11/h1-3,9,11-12,16,22H,5-8H2,(H,23,24,25). The van der Waals surface area contributed by atoms with Crippen molar-refractivity contribution >= 4 is 23.1 Å². The summed E-state index contributed by atoms with van der Waals surface area (Å²) in [6, 6.07) is 6.67. The van der Waals surface area contributed by atoms with Crippen molar-refractivity contribution < 1.29 is 13.9 Å². The van der Waals surface area contributed by atoms with Crippen LogP contribution < -0.4 is 15.4 Å². The van der Waals surface area contributed by atoms with Gasteiger partial charge in [-0.2, -0.15) is 14.6 Å². The molecule has 1 aromatic carbocycles. The highest BCUT2D eigenvalue weighted by atomic mass is 35.5. The van der Waals surface area contributed by atoms with Gasteiger partial charge in [-0.1, -0.05) is 11.6 Å². The maximum Gasteiger partial charge on any atom is 0.256 e. The van der Waals surface area contributed by atoms with Crippen LogP contribution in [0.25, 0.3) is 0 Å². The maximum atomic E-state index is 14.9. The molecule has 0 saturated carbocycles. The Bertz CT molecular complexity index is 869. The molecule has 7 nitrogen and oxygen atoms in total. The molecule has 2 N–H and O–H groups in total. The van der Waals surface area contributed by atoms with Crippen LogP contribution in [0.15, 0.2) is 24.5 Å². The first kappa shape index (κ1) is 17.9. The quantitative estimate of drug-likeness (QED) is 0.829. The molecule has 1 aromatic heterocycles. The van der Waals surface area contributed by atoms with E-state index in [9.17, 15) is 4.39 Å². The van der Waals surface area contributed by atoms with Gasteiger partial charge in [-0.25, -0.2) is 4.98 Å². The zero-order valence-corrected chi connectivity index (χ0v) is 15.0. The summed E-state index contributed by atoms with van der Waals surface area (Å²) in [7, 11) is 0. The lowest BCUT2D eigenvalue weighted by Crippen LogP contribution is -2.56. The van der Waals surface area contributed by atoms with Crippen LogP contribution in [-0.2, 0) is 4.74 Å². The van der Waals surface area contributed by atoms with Crippen molar-refractivity contribution in [3.05, 3.63) is 40.9 Å². The van der Waals surface area contributed by atoms with Gasteiger partial charge in [0.15, 0.2) is 5.82 Å². The molecule has 2 aliphatic heterocycles. The molecule has 0 amide bonds. The number of ether oxygens (including phenoxy) is 2. The van der Waals surface area contributed by atoms with E-state index in [0.717, 1.165) is 13.1 Å². The van der Waals surface area contributed by atoms with Gasteiger partial charge in [-0.05, 0) is 18.2 Å². The zero-order valence-electron chi connectivity index (χ0n) is 14.3. The average Bonchev–Trinajstić information content (AvgIpc) is 2.66. The van der Waals surface area contributed by atoms with Crippen molar-refractivity contribution in [2.24, 2.45) is 11.8 Å². The van der Waals surface area contributed by atoms with E-state index in [2.05, 4.69) is 20.6 Å². The number of rotatable bonds is 4. The second-order valence-electron chi connectivity index (χ2n) is 6.57. The van der Waals surface area contributed by atoms with Crippen LogP contribution in [0, 0.1) is 29.0 Å². The van der Waals surface area contributed by atoms with Gasteiger partial charge < -0.3 is 20.1 Å². The van der Waals surface area contributed by atoms with Gasteiger partial charge in [0.05, 0.1) is 35.6 Å². The minimum atomic E-state index is -0.685. The van der Waals surface area contributed by atoms with E-state index in [-0.39, 0.29) is 29.6 Å². The predicted molar refractivity (Wildman–Crippen MR) is 96.5 cm³/mol. The molecule has 2 saturated heterocycles. The normalized spacial score (nSPS) is 24.1. The molecule has 0 spiro atoms. The summed E-state index contributed by atoms with van der Waals surface area (Å²) in [4.78, 5) is 7.91. The van der Waals surface area contributed by atoms with Crippen molar-refractivity contribution in [3.63, 3.8) is 0 Å². The van der Waals surface area contributed by atoms with Gasteiger partial charge in [0.2, 0.25) is 5.82 Å². The third-order valence-corrected chi connectivity index (χ3v) is 5.08. The Morgan fingerprint density at radius 1 is 1.30 bits per heavy atom. The molecule has 27 heavy (non-hydrogen) atoms. The van der Waals surface area contributed by atoms with Gasteiger partial charge >= 0.3 is 0 Å². The van der Waals surface area contributed by atoms with Gasteiger partial charge in [-0.15, -0.1) is 0 Å². The zero-order chi connectivity index (χ0) is 18.8. The summed E-state index contributed by atoms with van der Waals surface area (Å²) in [5.74, 6) is -0.522. The highest BCUT2D eigenvalue weighted by Gasteiger charge is 2.39. The first-order chi connectivity index (χ1) is 13.2. The molecule has 2 bridgehead atoms. The highest BCUT2D eigenvalue weighted by Crippen LogP contribution is 2.32. The fourth-order valence-electron chi connectivity index (χ4n) is 3.41. The van der Waals surface area contributed by atoms with E-state index < -0.39 is 5.82 Å². The second-order valence-corrected chi connectivity index (χ2v) is 6.98. The summed E-state index contributed by atoms with van der Waals surface area (Å²) in [6.07, 6.45) is 1.09. The van der Waals surface area contributed by atoms with Crippen LogP contribution in [0.2, 0.25) is 5.02 Å². The Hall–Kier alpha value is -2.47. The van der Waals surface area contributed by atoms with Crippen molar-refractivity contribution in [3.8, 4) is 11.9 Å². The Kier molecular flexibility index (Phi) is 5.07. The molecular formula is C18H17ClFN5O2. The summed E-state index contributed by atoms with van der Waals surface area (Å²) in [5.41, 5.74) is 0.851. The number of nitrogens with one attached hydrogen (secondary N) is 2. The molecule has 3 heterocycles. The molecule has 140 valence electrons. The van der Waals surface area contributed by atoms with E-state index in [0.29, 0.717) is 29.5 Å². The number of benzene rings is 1. The van der Waals surface area contributed by atoms with E-state index in [1.54, 1.807) is 12.1 Å². The average molecular weight is 390 g/mol. The van der Waals surface area contributed by atoms with Crippen LogP contribution in [0.1, 0.15) is 5.56 Å². The summed E-state index contributed by atoms with van der Waals surface area (Å²) >= 11 is 6.14. The number of nitrogens with zero attached hydrogens (tertiary/aromatic N) is 3. The topological polar surface area (TPSA) is 92.1 Å². The number of hydrogen-bond donors (Lipinski definition) is 2. The molecule has 2 fully saturated rings. The second kappa shape index (κ2) is 7.64. The van der Waals surface area contributed by atoms with Crippen molar-refractivity contribution in [1.82, 2.24) is 15.3 Å². The van der Waals surface area contributed by atoms with Gasteiger partial charge in [0.25, 0.3) is 5.88 Å². The third-order valence-electron chi connectivity index (χ3n) is 4.76. The molecule has 0 radical (unpaired) electrons. The van der Waals surface area contributed by atoms with Crippen molar-refractivity contribution in [2.45, 2.75) is 6.10 Å². The molecule has 2 unspecified atom stereocenters. The number of fused-ring (bicyclic) bond motifs is 2. The molecule has 4 rings (SSSR count). The molecular weight excluding hydrogens is 373 g/mol. The maximum absolute atomic E-state index is 14.9. The summed E-state index contributed by atoms with van der Waals surface area (Å²) < 4.78 is 26.4. The minimum absolute atomic E-state index is 0.0399. The number of piperidine rings is 1. The number of aromatic nitrogens is 2. The summed E-state index contributed by atoms with van der Waals surface area (Å²) in [5, 5.41) is 15.4. The third kappa shape index (κ3) is 3.67. The lowest BCUT2D eigenvalue weighted by atomic mass is 9.86. The van der Waals surface area contributed by atoms with E-state index in [1.165, 1.54) is 12.4 Å². The molecule has 9 heteroatoms. The van der Waals surface area contributed by atoms with Crippen molar-refractivity contribution in [2.75, 3.05) is 31.6 Å². The van der Waals surface area contributed by atoms with Gasteiger partial charge in [0.1, 0.15) is 12.4 Å². The highest BCUT2D eigenvalue weighted by molar-refractivity contribution is 6.33. The van der Waals surface area contributed by atoms with E-state index in [1.807, 2.05) is 6.07 Å². The van der Waals surface area contributed by atoms with Crippen LogP contribution in [-0.4, -0.2) is 42.4 Å². The minimum Gasteiger partial charge on any atom is -0.471 e. The first-order valence-electron chi connectivity index (χ1n) is 8.58. The number of hydrogen-bond acceptors (Lipinski definition) is 7. The Morgan fingerprint density at radius 2 is 2.07 bits per heavy atom. The van der Waals surface area contributed by atoms with Gasteiger partial charge in [-0.3, -0.25) is 0 Å². The van der Waals surface area contributed by atoms with Crippen LogP contribution in [0.4, 0.5) is 15.9 Å². The fourth-order valence-corrected chi connectivity index (χ4v) is 3.64. The number of halogens is 2. The summed E-state index contributed by atoms with van der Waals surface area (Å²) in [6.45, 7) is 2.68. The number of nitriles is 1. The largest absolute Gasteiger partial charge is 0.471 e. The monoisotopic (exact) mass is 389 g/mol. The SMILES string of the molecule is N#Cc1ccc(Nc2ncnc(OC3C4CNCC3COC4)c2F)c(Cl)c1. The number of anilines is 2. The molecule has 2 aromatic rings. The van der Waals surface area contributed by atoms with Crippen LogP contribution in [0.3, 0.4) is 0 Å². The molecule has 2 aliphatic rings. The molecule has 2 atom stereocenters. The molecule has 0 aliphatic carbocycles. The van der Waals surface area contributed by atoms with Crippen LogP contribution >= 0.6 is 11.6 Å². The Morgan fingerprint density at radius 3 is 2.78 bits per heavy atom. The first-order valence-corrected chi connectivity index (χ1v) is 8.96. The van der Waals surface area contributed by atoms with E-state index in [4.69, 9.17) is 26.3 Å². The van der Waals surface area contributed by atoms with Crippen molar-refractivity contribution in [1.29, 1.82) is 5.26 Å². The Balaban J connectivity index is 1.55.